The molecule has 3 aliphatic rings. The first-order valence-corrected chi connectivity index (χ1v) is 14.5. The quantitative estimate of drug-likeness (QED) is 0.367. The number of nitrogens with zero attached hydrogens (tertiary/aromatic N) is 2. The van der Waals surface area contributed by atoms with E-state index in [1.54, 1.807) is 12.1 Å². The molecule has 3 fully saturated rings. The Balaban J connectivity index is 1.26. The van der Waals surface area contributed by atoms with E-state index in [0.29, 0.717) is 36.7 Å². The molecule has 2 saturated heterocycles. The second kappa shape index (κ2) is 13.2. The molecule has 41 heavy (non-hydrogen) atoms. The van der Waals surface area contributed by atoms with Gasteiger partial charge in [-0.1, -0.05) is 6.07 Å². The van der Waals surface area contributed by atoms with Gasteiger partial charge in [0.15, 0.2) is 0 Å². The Labute approximate surface area is 239 Å². The third kappa shape index (κ3) is 6.68. The molecule has 4 unspecified atom stereocenters. The fraction of sp³-hybridized carbons (Fsp3) is 0.567. The zero-order chi connectivity index (χ0) is 28.9. The van der Waals surface area contributed by atoms with Gasteiger partial charge in [-0.15, -0.1) is 0 Å². The number of aryl methyl sites for hydroxylation is 1. The number of piperidine rings is 1. The Bertz CT molecular complexity index is 1230. The normalized spacial score (nSPS) is 28.1. The highest BCUT2D eigenvalue weighted by Crippen LogP contribution is 2.40. The highest BCUT2D eigenvalue weighted by atomic mass is 19.1. The van der Waals surface area contributed by atoms with Crippen LogP contribution in [0.4, 0.5) is 8.78 Å². The van der Waals surface area contributed by atoms with Gasteiger partial charge >= 0.3 is 0 Å². The van der Waals surface area contributed by atoms with Crippen molar-refractivity contribution >= 4 is 11.8 Å². The van der Waals surface area contributed by atoms with Gasteiger partial charge in [-0.2, -0.15) is 0 Å². The van der Waals surface area contributed by atoms with Crippen molar-refractivity contribution in [1.82, 2.24) is 31.4 Å². The molecule has 0 bridgehead atoms. The van der Waals surface area contributed by atoms with E-state index in [2.05, 4.69) is 32.5 Å². The number of ether oxygens (including phenoxy) is 1. The molecule has 1 aromatic carbocycles. The van der Waals surface area contributed by atoms with E-state index in [-0.39, 0.29) is 48.8 Å². The Kier molecular flexibility index (Phi) is 9.46. The Morgan fingerprint density at radius 2 is 2.00 bits per heavy atom. The van der Waals surface area contributed by atoms with Gasteiger partial charge in [0.05, 0.1) is 19.2 Å². The number of amides is 2. The molecular formula is C30H40F2N6O3. The number of fused-ring (bicyclic) bond motifs is 1. The molecule has 0 radical (unpaired) electrons. The first-order chi connectivity index (χ1) is 19.9. The lowest BCUT2D eigenvalue weighted by Gasteiger charge is -2.40. The monoisotopic (exact) mass is 570 g/mol. The molecule has 11 heteroatoms. The van der Waals surface area contributed by atoms with E-state index in [9.17, 15) is 18.4 Å². The largest absolute Gasteiger partial charge is 0.496 e. The van der Waals surface area contributed by atoms with Gasteiger partial charge in [0, 0.05) is 55.1 Å². The van der Waals surface area contributed by atoms with Crippen LogP contribution in [0.5, 0.6) is 5.75 Å². The molecule has 0 spiro atoms. The fourth-order valence-electron chi connectivity index (χ4n) is 6.71. The minimum Gasteiger partial charge on any atom is -0.496 e. The summed E-state index contributed by atoms with van der Waals surface area (Å²) < 4.78 is 33.0. The number of benzene rings is 1. The van der Waals surface area contributed by atoms with Crippen LogP contribution < -0.4 is 26.2 Å². The summed E-state index contributed by atoms with van der Waals surface area (Å²) in [7, 11) is 1.48. The van der Waals surface area contributed by atoms with E-state index in [4.69, 9.17) is 4.74 Å². The zero-order valence-corrected chi connectivity index (χ0v) is 23.7. The number of alkyl halides is 1. The van der Waals surface area contributed by atoms with Crippen molar-refractivity contribution in [2.75, 3.05) is 26.9 Å². The van der Waals surface area contributed by atoms with Crippen molar-refractivity contribution in [3.8, 4) is 5.75 Å². The van der Waals surface area contributed by atoms with Crippen LogP contribution in [-0.4, -0.2) is 66.7 Å². The molecular weight excluding hydrogens is 530 g/mol. The molecule has 2 aliphatic heterocycles. The number of methoxy groups -OCH3 is 1. The average molecular weight is 571 g/mol. The maximum absolute atomic E-state index is 14.8. The third-order valence-corrected chi connectivity index (χ3v) is 8.79. The Morgan fingerprint density at radius 3 is 2.78 bits per heavy atom. The maximum Gasteiger partial charge on any atom is 0.237 e. The van der Waals surface area contributed by atoms with Gasteiger partial charge in [-0.3, -0.25) is 24.9 Å². The molecule has 5 rings (SSSR count). The number of hydrogen-bond acceptors (Lipinski definition) is 7. The van der Waals surface area contributed by atoms with Crippen LogP contribution in [0, 0.1) is 24.6 Å². The number of likely N-dealkylation sites (tertiary alicyclic amines) is 1. The third-order valence-electron chi connectivity index (χ3n) is 8.79. The molecule has 1 saturated carbocycles. The van der Waals surface area contributed by atoms with E-state index >= 15 is 0 Å². The standard InChI is InChI=1S/C30H40F2N6O3/c1-18-14-19(10-12-33-18)28-22-15-20(6-8-25(22)36-37-28)29(39)35-21-7-9-26(30(40)34-13-11-31)38(16-21)17-23-24(32)4-3-5-27(23)41-2/h3-5,10,12,14,20-22,25-26,28,36-37H,6-9,11,13,15-17H2,1-2H3,(H,34,40)(H,35,39)/t20?,21-,22?,25?,26+,28?/m1/s1. The van der Waals surface area contributed by atoms with Crippen LogP contribution in [0.15, 0.2) is 36.5 Å². The summed E-state index contributed by atoms with van der Waals surface area (Å²) in [4.78, 5) is 32.6. The van der Waals surface area contributed by atoms with Gasteiger partial charge in [-0.05, 0) is 74.8 Å². The van der Waals surface area contributed by atoms with Gasteiger partial charge in [-0.25, -0.2) is 14.2 Å². The Hall–Kier alpha value is -3.15. The highest BCUT2D eigenvalue weighted by Gasteiger charge is 2.43. The van der Waals surface area contributed by atoms with Crippen molar-refractivity contribution in [2.24, 2.45) is 11.8 Å². The molecule has 9 nitrogen and oxygen atoms in total. The number of hydrogen-bond donors (Lipinski definition) is 4. The number of pyridine rings is 1. The number of hydrazine groups is 1. The van der Waals surface area contributed by atoms with Gasteiger partial charge < -0.3 is 15.4 Å². The number of nitrogens with one attached hydrogen (secondary N) is 4. The summed E-state index contributed by atoms with van der Waals surface area (Å²) in [5.74, 6) is -0.134. The van der Waals surface area contributed by atoms with E-state index in [1.165, 1.54) is 18.7 Å². The van der Waals surface area contributed by atoms with Crippen LogP contribution in [-0.2, 0) is 16.1 Å². The highest BCUT2D eigenvalue weighted by molar-refractivity contribution is 5.82. The number of carbonyl (C=O) groups is 2. The number of carbonyl (C=O) groups excluding carboxylic acids is 2. The minimum atomic E-state index is -0.659. The lowest BCUT2D eigenvalue weighted by atomic mass is 9.74. The van der Waals surface area contributed by atoms with Crippen LogP contribution in [0.2, 0.25) is 0 Å². The second-order valence-electron chi connectivity index (χ2n) is 11.4. The van der Waals surface area contributed by atoms with E-state index < -0.39 is 18.5 Å². The number of halogens is 2. The first kappa shape index (κ1) is 29.3. The SMILES string of the molecule is COc1cccc(F)c1CN1C[C@H](NC(=O)C2CCC3NNC(c4ccnc(C)c4)C3C2)CC[C@H]1C(=O)NCCF. The molecule has 6 atom stereocenters. The lowest BCUT2D eigenvalue weighted by Crippen LogP contribution is -2.57. The predicted octanol–water partition coefficient (Wildman–Crippen LogP) is 2.71. The summed E-state index contributed by atoms with van der Waals surface area (Å²) in [6.07, 6.45) is 5.35. The number of rotatable bonds is 9. The Morgan fingerprint density at radius 1 is 1.15 bits per heavy atom. The van der Waals surface area contributed by atoms with Crippen molar-refractivity contribution in [3.63, 3.8) is 0 Å². The topological polar surface area (TPSA) is 108 Å². The van der Waals surface area contributed by atoms with Gasteiger partial charge in [0.1, 0.15) is 18.2 Å². The summed E-state index contributed by atoms with van der Waals surface area (Å²) in [5, 5.41) is 5.87. The summed E-state index contributed by atoms with van der Waals surface area (Å²) in [5.41, 5.74) is 9.35. The zero-order valence-electron chi connectivity index (χ0n) is 23.7. The predicted molar refractivity (Wildman–Crippen MR) is 150 cm³/mol. The summed E-state index contributed by atoms with van der Waals surface area (Å²) >= 11 is 0. The van der Waals surface area contributed by atoms with Crippen molar-refractivity contribution < 1.29 is 23.1 Å². The van der Waals surface area contributed by atoms with Crippen LogP contribution in [0.1, 0.15) is 55.0 Å². The molecule has 1 aromatic heterocycles. The number of aromatic nitrogens is 1. The van der Waals surface area contributed by atoms with Crippen LogP contribution >= 0.6 is 0 Å². The molecule has 2 amide bonds. The van der Waals surface area contributed by atoms with E-state index in [0.717, 1.165) is 25.0 Å². The van der Waals surface area contributed by atoms with Crippen LogP contribution in [0.3, 0.4) is 0 Å². The maximum atomic E-state index is 14.8. The van der Waals surface area contributed by atoms with Gasteiger partial charge in [0.2, 0.25) is 11.8 Å². The molecule has 3 heterocycles. The van der Waals surface area contributed by atoms with Crippen molar-refractivity contribution in [3.05, 3.63) is 59.2 Å². The fourth-order valence-corrected chi connectivity index (χ4v) is 6.71. The van der Waals surface area contributed by atoms with E-state index in [1.807, 2.05) is 24.1 Å². The molecule has 1 aliphatic carbocycles. The first-order valence-electron chi connectivity index (χ1n) is 14.5. The van der Waals surface area contributed by atoms with Crippen LogP contribution in [0.25, 0.3) is 0 Å². The summed E-state index contributed by atoms with van der Waals surface area (Å²) in [6, 6.07) is 8.41. The molecule has 222 valence electrons. The van der Waals surface area contributed by atoms with Crippen molar-refractivity contribution in [2.45, 2.75) is 69.7 Å². The minimum absolute atomic E-state index is 0.0220. The van der Waals surface area contributed by atoms with Gasteiger partial charge in [0.25, 0.3) is 0 Å². The van der Waals surface area contributed by atoms with Crippen molar-refractivity contribution in [1.29, 1.82) is 0 Å². The second-order valence-corrected chi connectivity index (χ2v) is 11.4. The summed E-state index contributed by atoms with van der Waals surface area (Å²) in [6.45, 7) is 1.75. The average Bonchev–Trinajstić information content (AvgIpc) is 3.40. The lowest BCUT2D eigenvalue weighted by molar-refractivity contribution is -0.130. The molecule has 2 aromatic rings. The smallest absolute Gasteiger partial charge is 0.237 e. The molecule has 4 N–H and O–H groups in total.